The molecule has 4 N–H and O–H groups in total. The van der Waals surface area contributed by atoms with Crippen LogP contribution < -0.4 is 15.8 Å². The van der Waals surface area contributed by atoms with Gasteiger partial charge in [0.25, 0.3) is 0 Å². The molecule has 0 aliphatic rings. The van der Waals surface area contributed by atoms with Gasteiger partial charge in [0.1, 0.15) is 5.75 Å². The number of halogens is 1. The summed E-state index contributed by atoms with van der Waals surface area (Å²) in [6.07, 6.45) is 0. The zero-order chi connectivity index (χ0) is 13.5. The number of rotatable bonds is 6. The Bertz CT molecular complexity index is 461. The fourth-order valence-electron chi connectivity index (χ4n) is 1.46. The molecule has 0 spiro atoms. The van der Waals surface area contributed by atoms with E-state index in [9.17, 15) is 0 Å². The van der Waals surface area contributed by atoms with Crippen molar-refractivity contribution in [2.24, 2.45) is 10.9 Å². The summed E-state index contributed by atoms with van der Waals surface area (Å²) in [5.41, 5.74) is 7.09. The normalized spacial score (nSPS) is 11.3. The summed E-state index contributed by atoms with van der Waals surface area (Å²) < 4.78 is 5.14. The van der Waals surface area contributed by atoms with E-state index in [0.29, 0.717) is 29.4 Å². The van der Waals surface area contributed by atoms with Crippen molar-refractivity contribution in [1.29, 1.82) is 0 Å². The molecule has 1 aromatic rings. The Kier molecular flexibility index (Phi) is 5.48. The highest BCUT2D eigenvalue weighted by Crippen LogP contribution is 2.19. The predicted molar refractivity (Wildman–Crippen MR) is 72.2 cm³/mol. The van der Waals surface area contributed by atoms with E-state index in [4.69, 9.17) is 27.3 Å². The van der Waals surface area contributed by atoms with Gasteiger partial charge in [0.05, 0.1) is 12.7 Å². The maximum absolute atomic E-state index is 8.71. The van der Waals surface area contributed by atoms with E-state index in [1.54, 1.807) is 12.1 Å². The maximum Gasteiger partial charge on any atom is 0.173 e. The standard InChI is InChI=1S/C12H16ClN3O2/c1-8(13)6-15-7-9-3-4-11(18-2)10(5-9)12(14)16-17/h3-5,15,17H,1,6-7H2,2H3,(H2,14,16). The van der Waals surface area contributed by atoms with E-state index in [2.05, 4.69) is 17.1 Å². The van der Waals surface area contributed by atoms with Crippen LogP contribution in [0, 0.1) is 0 Å². The molecule has 5 nitrogen and oxygen atoms in total. The van der Waals surface area contributed by atoms with Crippen molar-refractivity contribution in [2.75, 3.05) is 13.7 Å². The largest absolute Gasteiger partial charge is 0.496 e. The lowest BCUT2D eigenvalue weighted by Gasteiger charge is -2.10. The molecule has 0 unspecified atom stereocenters. The average molecular weight is 270 g/mol. The van der Waals surface area contributed by atoms with Crippen LogP contribution in [0.2, 0.25) is 0 Å². The minimum atomic E-state index is 0.00968. The molecule has 0 heterocycles. The van der Waals surface area contributed by atoms with Gasteiger partial charge in [-0.05, 0) is 17.7 Å². The summed E-state index contributed by atoms with van der Waals surface area (Å²) in [6.45, 7) is 4.70. The minimum absolute atomic E-state index is 0.00968. The second-order valence-electron chi connectivity index (χ2n) is 3.64. The lowest BCUT2D eigenvalue weighted by molar-refractivity contribution is 0.318. The Morgan fingerprint density at radius 1 is 1.61 bits per heavy atom. The molecule has 0 amide bonds. The predicted octanol–water partition coefficient (Wildman–Crippen LogP) is 1.63. The Morgan fingerprint density at radius 2 is 2.33 bits per heavy atom. The highest BCUT2D eigenvalue weighted by atomic mass is 35.5. The second kappa shape index (κ2) is 6.88. The van der Waals surface area contributed by atoms with Gasteiger partial charge in [-0.1, -0.05) is 29.4 Å². The monoisotopic (exact) mass is 269 g/mol. The summed E-state index contributed by atoms with van der Waals surface area (Å²) in [5, 5.41) is 15.3. The lowest BCUT2D eigenvalue weighted by atomic mass is 10.1. The molecular formula is C12H16ClN3O2. The Morgan fingerprint density at radius 3 is 2.89 bits per heavy atom. The molecule has 6 heteroatoms. The van der Waals surface area contributed by atoms with E-state index in [1.807, 2.05) is 6.07 Å². The molecule has 0 fully saturated rings. The maximum atomic E-state index is 8.71. The lowest BCUT2D eigenvalue weighted by Crippen LogP contribution is -2.17. The third kappa shape index (κ3) is 3.94. The van der Waals surface area contributed by atoms with E-state index >= 15 is 0 Å². The molecule has 1 aromatic carbocycles. The SMILES string of the molecule is C=C(Cl)CNCc1ccc(OC)c(/C(N)=N/O)c1. The van der Waals surface area contributed by atoms with E-state index in [-0.39, 0.29) is 5.84 Å². The second-order valence-corrected chi connectivity index (χ2v) is 4.18. The molecule has 0 atom stereocenters. The number of nitrogens with one attached hydrogen (secondary N) is 1. The molecule has 98 valence electrons. The number of ether oxygens (including phenoxy) is 1. The van der Waals surface area contributed by atoms with Gasteiger partial charge >= 0.3 is 0 Å². The molecule has 0 bridgehead atoms. The smallest absolute Gasteiger partial charge is 0.173 e. The summed E-state index contributed by atoms with van der Waals surface area (Å²) in [4.78, 5) is 0. The van der Waals surface area contributed by atoms with Gasteiger partial charge in [-0.15, -0.1) is 0 Å². The average Bonchev–Trinajstić information content (AvgIpc) is 2.37. The van der Waals surface area contributed by atoms with Gasteiger partial charge in [0.2, 0.25) is 0 Å². The Balaban J connectivity index is 2.86. The van der Waals surface area contributed by atoms with Crippen LogP contribution in [0.5, 0.6) is 5.75 Å². The van der Waals surface area contributed by atoms with Crippen LogP contribution in [-0.2, 0) is 6.54 Å². The zero-order valence-corrected chi connectivity index (χ0v) is 10.9. The van der Waals surface area contributed by atoms with E-state index < -0.39 is 0 Å². The van der Waals surface area contributed by atoms with Crippen molar-refractivity contribution in [3.05, 3.63) is 40.9 Å². The first-order chi connectivity index (χ1) is 8.58. The Hall–Kier alpha value is -1.72. The highest BCUT2D eigenvalue weighted by Gasteiger charge is 2.08. The van der Waals surface area contributed by atoms with Crippen LogP contribution in [0.15, 0.2) is 35.0 Å². The molecule has 0 saturated carbocycles. The fraction of sp³-hybridized carbons (Fsp3) is 0.250. The van der Waals surface area contributed by atoms with Crippen LogP contribution in [-0.4, -0.2) is 24.7 Å². The number of benzene rings is 1. The van der Waals surface area contributed by atoms with Gasteiger partial charge in [-0.2, -0.15) is 0 Å². The van der Waals surface area contributed by atoms with Crippen molar-refractivity contribution in [1.82, 2.24) is 5.32 Å². The van der Waals surface area contributed by atoms with Gasteiger partial charge in [-0.25, -0.2) is 0 Å². The van der Waals surface area contributed by atoms with Crippen molar-refractivity contribution < 1.29 is 9.94 Å². The van der Waals surface area contributed by atoms with Gasteiger partial charge in [0.15, 0.2) is 5.84 Å². The van der Waals surface area contributed by atoms with E-state index in [1.165, 1.54) is 7.11 Å². The fourth-order valence-corrected chi connectivity index (χ4v) is 1.56. The molecule has 1 rings (SSSR count). The first kappa shape index (κ1) is 14.3. The minimum Gasteiger partial charge on any atom is -0.496 e. The van der Waals surface area contributed by atoms with Crippen molar-refractivity contribution in [3.8, 4) is 5.75 Å². The number of nitrogens with zero attached hydrogens (tertiary/aromatic N) is 1. The number of methoxy groups -OCH3 is 1. The number of hydrogen-bond donors (Lipinski definition) is 3. The van der Waals surface area contributed by atoms with Crippen molar-refractivity contribution in [2.45, 2.75) is 6.54 Å². The summed E-state index contributed by atoms with van der Waals surface area (Å²) in [6, 6.07) is 5.44. The van der Waals surface area contributed by atoms with Crippen molar-refractivity contribution >= 4 is 17.4 Å². The molecule has 0 aliphatic heterocycles. The van der Waals surface area contributed by atoms with Gasteiger partial charge in [0, 0.05) is 18.1 Å². The molecule has 0 radical (unpaired) electrons. The first-order valence-corrected chi connectivity index (χ1v) is 5.65. The molecule has 0 aromatic heterocycles. The number of hydrogen-bond acceptors (Lipinski definition) is 4. The van der Waals surface area contributed by atoms with Crippen LogP contribution in [0.25, 0.3) is 0 Å². The van der Waals surface area contributed by atoms with Crippen molar-refractivity contribution in [3.63, 3.8) is 0 Å². The summed E-state index contributed by atoms with van der Waals surface area (Å²) in [5.74, 6) is 0.561. The topological polar surface area (TPSA) is 79.9 Å². The van der Waals surface area contributed by atoms with Crippen LogP contribution in [0.3, 0.4) is 0 Å². The number of amidine groups is 1. The van der Waals surface area contributed by atoms with Crippen LogP contribution >= 0.6 is 11.6 Å². The number of nitrogens with two attached hydrogens (primary N) is 1. The molecule has 0 saturated heterocycles. The highest BCUT2D eigenvalue weighted by molar-refractivity contribution is 6.29. The third-order valence-electron chi connectivity index (χ3n) is 2.29. The molecular weight excluding hydrogens is 254 g/mol. The van der Waals surface area contributed by atoms with Crippen LogP contribution in [0.4, 0.5) is 0 Å². The number of oxime groups is 1. The third-order valence-corrected chi connectivity index (χ3v) is 2.43. The summed E-state index contributed by atoms with van der Waals surface area (Å²) >= 11 is 5.65. The quantitative estimate of drug-likeness (QED) is 0.317. The summed E-state index contributed by atoms with van der Waals surface area (Å²) in [7, 11) is 1.53. The first-order valence-electron chi connectivity index (χ1n) is 5.27. The van der Waals surface area contributed by atoms with Gasteiger partial charge in [-0.3, -0.25) is 0 Å². The Labute approximate surface area is 111 Å². The van der Waals surface area contributed by atoms with Gasteiger partial charge < -0.3 is 21.0 Å². The molecule has 0 aliphatic carbocycles. The molecule has 18 heavy (non-hydrogen) atoms. The zero-order valence-electron chi connectivity index (χ0n) is 10.1. The van der Waals surface area contributed by atoms with E-state index in [0.717, 1.165) is 5.56 Å². The van der Waals surface area contributed by atoms with Crippen LogP contribution in [0.1, 0.15) is 11.1 Å².